The predicted molar refractivity (Wildman–Crippen MR) is 51.0 cm³/mol. The van der Waals surface area contributed by atoms with Crippen LogP contribution in [0, 0.1) is 0 Å². The molecule has 3 rings (SSSR count). The molecule has 1 atom stereocenters. The predicted octanol–water partition coefficient (Wildman–Crippen LogP) is 1.35. The fraction of sp³-hybridized carbons (Fsp3) is 0.100. The molecule has 0 saturated heterocycles. The first-order valence-corrected chi connectivity index (χ1v) is 4.41. The number of carbonyl (C=O) groups is 1. The first kappa shape index (κ1) is 8.16. The smallest absolute Gasteiger partial charge is 0.387 e. The number of rotatable bonds is 1. The molecule has 2 N–H and O–H groups in total. The van der Waals surface area contributed by atoms with Crippen LogP contribution in [-0.2, 0) is 4.79 Å². The van der Waals surface area contributed by atoms with E-state index in [-0.39, 0.29) is 0 Å². The van der Waals surface area contributed by atoms with Gasteiger partial charge in [-0.3, -0.25) is 0 Å². The summed E-state index contributed by atoms with van der Waals surface area (Å²) in [6.07, 6.45) is 0.570. The zero-order chi connectivity index (χ0) is 10.4. The second kappa shape index (κ2) is 2.66. The number of hydrogen-bond donors (Lipinski definition) is 2. The molecule has 2 heterocycles. The van der Waals surface area contributed by atoms with E-state index in [9.17, 15) is 4.79 Å². The maximum atomic E-state index is 10.6. The van der Waals surface area contributed by atoms with Crippen molar-refractivity contribution in [2.24, 2.45) is 0 Å². The number of benzene rings is 1. The van der Waals surface area contributed by atoms with Crippen molar-refractivity contribution in [1.82, 2.24) is 4.98 Å². The molecular weight excluding hydrogens is 198 g/mol. The molecule has 0 spiro atoms. The minimum absolute atomic E-state index is 0.456. The zero-order valence-corrected chi connectivity index (χ0v) is 7.56. The molecule has 1 aromatic heterocycles. The number of hydrogen-bond acceptors (Lipinski definition) is 3. The van der Waals surface area contributed by atoms with Crippen LogP contribution < -0.4 is 9.47 Å². The van der Waals surface area contributed by atoms with E-state index >= 15 is 0 Å². The van der Waals surface area contributed by atoms with E-state index in [4.69, 9.17) is 14.6 Å². The third kappa shape index (κ3) is 1.13. The minimum atomic E-state index is -1.23. The van der Waals surface area contributed by atoms with E-state index in [1.165, 1.54) is 0 Å². The molecule has 0 fully saturated rings. The second-order valence-electron chi connectivity index (χ2n) is 3.27. The minimum Gasteiger partial charge on any atom is -0.476 e. The molecule has 1 unspecified atom stereocenters. The van der Waals surface area contributed by atoms with Crippen LogP contribution in [-0.4, -0.2) is 22.3 Å². The van der Waals surface area contributed by atoms with E-state index in [1.807, 2.05) is 6.07 Å². The van der Waals surface area contributed by atoms with Gasteiger partial charge < -0.3 is 19.6 Å². The topological polar surface area (TPSA) is 71.5 Å². The Labute approximate surface area is 84.2 Å². The number of aromatic amines is 1. The van der Waals surface area contributed by atoms with Crippen molar-refractivity contribution >= 4 is 16.9 Å². The van der Waals surface area contributed by atoms with Crippen molar-refractivity contribution in [3.63, 3.8) is 0 Å². The maximum absolute atomic E-state index is 10.6. The van der Waals surface area contributed by atoms with Gasteiger partial charge in [0.2, 0.25) is 0 Å². The van der Waals surface area contributed by atoms with E-state index in [0.29, 0.717) is 11.5 Å². The van der Waals surface area contributed by atoms with Crippen LogP contribution in [0.3, 0.4) is 0 Å². The molecule has 0 aliphatic carbocycles. The van der Waals surface area contributed by atoms with Gasteiger partial charge >= 0.3 is 12.3 Å². The summed E-state index contributed by atoms with van der Waals surface area (Å²) in [6.45, 7) is 0. The maximum Gasteiger partial charge on any atom is 0.387 e. The van der Waals surface area contributed by atoms with Gasteiger partial charge in [0.15, 0.2) is 11.5 Å². The highest BCUT2D eigenvalue weighted by Gasteiger charge is 2.30. The van der Waals surface area contributed by atoms with Gasteiger partial charge in [-0.15, -0.1) is 0 Å². The Hall–Kier alpha value is -2.17. The highest BCUT2D eigenvalue weighted by Crippen LogP contribution is 2.37. The first-order chi connectivity index (χ1) is 7.24. The Bertz CT molecular complexity index is 505. The lowest BCUT2D eigenvalue weighted by Crippen LogP contribution is -2.28. The molecular formula is C10H7NO4. The molecule has 1 aliphatic rings. The number of ether oxygens (including phenoxy) is 2. The lowest BCUT2D eigenvalue weighted by molar-refractivity contribution is -0.154. The van der Waals surface area contributed by atoms with Gasteiger partial charge in [0.25, 0.3) is 0 Å². The summed E-state index contributed by atoms with van der Waals surface area (Å²) < 4.78 is 10.2. The van der Waals surface area contributed by atoms with Gasteiger partial charge in [0, 0.05) is 23.2 Å². The summed E-state index contributed by atoms with van der Waals surface area (Å²) in [5, 5.41) is 9.68. The summed E-state index contributed by atoms with van der Waals surface area (Å²) in [4.78, 5) is 13.7. The molecule has 0 radical (unpaired) electrons. The van der Waals surface area contributed by atoms with E-state index in [2.05, 4.69) is 4.98 Å². The number of aliphatic carboxylic acids is 1. The van der Waals surface area contributed by atoms with Crippen molar-refractivity contribution in [1.29, 1.82) is 0 Å². The fourth-order valence-corrected chi connectivity index (χ4v) is 1.60. The number of H-pyrrole nitrogens is 1. The third-order valence-corrected chi connectivity index (χ3v) is 2.29. The van der Waals surface area contributed by atoms with Crippen LogP contribution in [0.4, 0.5) is 0 Å². The van der Waals surface area contributed by atoms with Crippen molar-refractivity contribution in [3.05, 3.63) is 24.4 Å². The summed E-state index contributed by atoms with van der Waals surface area (Å²) in [7, 11) is 0. The van der Waals surface area contributed by atoms with Crippen LogP contribution in [0.15, 0.2) is 24.4 Å². The van der Waals surface area contributed by atoms with Crippen LogP contribution in [0.2, 0.25) is 0 Å². The fourth-order valence-electron chi connectivity index (χ4n) is 1.60. The molecule has 1 aliphatic heterocycles. The van der Waals surface area contributed by atoms with Gasteiger partial charge in [-0.2, -0.15) is 0 Å². The van der Waals surface area contributed by atoms with Gasteiger partial charge in [0.1, 0.15) is 0 Å². The van der Waals surface area contributed by atoms with Crippen LogP contribution in [0.25, 0.3) is 10.9 Å². The summed E-state index contributed by atoms with van der Waals surface area (Å²) in [5.41, 5.74) is 0.892. The van der Waals surface area contributed by atoms with Crippen molar-refractivity contribution < 1.29 is 19.4 Å². The van der Waals surface area contributed by atoms with E-state index < -0.39 is 12.3 Å². The molecule has 76 valence electrons. The lowest BCUT2D eigenvalue weighted by Gasteiger charge is -2.02. The van der Waals surface area contributed by atoms with Gasteiger partial charge in [-0.25, -0.2) is 4.79 Å². The summed E-state index contributed by atoms with van der Waals surface area (Å²) >= 11 is 0. The van der Waals surface area contributed by atoms with Gasteiger partial charge in [-0.05, 0) is 12.1 Å². The number of nitrogens with one attached hydrogen (secondary N) is 1. The average molecular weight is 205 g/mol. The van der Waals surface area contributed by atoms with Gasteiger partial charge in [-0.1, -0.05) is 0 Å². The van der Waals surface area contributed by atoms with Crippen LogP contribution >= 0.6 is 0 Å². The van der Waals surface area contributed by atoms with Crippen LogP contribution in [0.5, 0.6) is 11.5 Å². The average Bonchev–Trinajstić information content (AvgIpc) is 2.77. The Morgan fingerprint density at radius 1 is 1.33 bits per heavy atom. The Balaban J connectivity index is 2.09. The zero-order valence-electron chi connectivity index (χ0n) is 7.56. The third-order valence-electron chi connectivity index (χ3n) is 2.29. The van der Waals surface area contributed by atoms with Crippen molar-refractivity contribution in [2.75, 3.05) is 0 Å². The highest BCUT2D eigenvalue weighted by atomic mass is 16.7. The molecule has 15 heavy (non-hydrogen) atoms. The molecule has 2 aromatic rings. The summed E-state index contributed by atoms with van der Waals surface area (Å²) in [5.74, 6) is -0.207. The molecule has 0 bridgehead atoms. The van der Waals surface area contributed by atoms with E-state index in [0.717, 1.165) is 10.9 Å². The SMILES string of the molecule is O=C(O)C1Oc2cc3cc[nH]c3cc2O1. The van der Waals surface area contributed by atoms with Crippen LogP contribution in [0.1, 0.15) is 0 Å². The number of carboxylic acids is 1. The second-order valence-corrected chi connectivity index (χ2v) is 3.27. The normalized spacial score (nSPS) is 18.3. The number of carboxylic acid groups (broad SMARTS) is 1. The Morgan fingerprint density at radius 3 is 2.80 bits per heavy atom. The molecule has 0 saturated carbocycles. The Morgan fingerprint density at radius 2 is 2.07 bits per heavy atom. The molecule has 0 amide bonds. The highest BCUT2D eigenvalue weighted by molar-refractivity contribution is 5.84. The molecule has 1 aromatic carbocycles. The first-order valence-electron chi connectivity index (χ1n) is 4.41. The van der Waals surface area contributed by atoms with Gasteiger partial charge in [0.05, 0.1) is 0 Å². The number of fused-ring (bicyclic) bond motifs is 2. The number of aromatic nitrogens is 1. The lowest BCUT2D eigenvalue weighted by atomic mass is 10.2. The monoisotopic (exact) mass is 205 g/mol. The molecule has 5 heteroatoms. The molecule has 5 nitrogen and oxygen atoms in total. The van der Waals surface area contributed by atoms with E-state index in [1.54, 1.807) is 18.3 Å². The Kier molecular flexibility index (Phi) is 1.45. The van der Waals surface area contributed by atoms with Crippen molar-refractivity contribution in [2.45, 2.75) is 6.29 Å². The quantitative estimate of drug-likeness (QED) is 0.737. The van der Waals surface area contributed by atoms with Crippen molar-refractivity contribution in [3.8, 4) is 11.5 Å². The largest absolute Gasteiger partial charge is 0.476 e. The standard InChI is InChI=1S/C10H7NO4/c12-9(13)10-14-7-3-5-1-2-11-6(5)4-8(7)15-10/h1-4,10-11H,(H,12,13). The summed E-state index contributed by atoms with van der Waals surface area (Å²) in [6, 6.07) is 5.37.